The molecule has 1 aromatic carbocycles. The maximum atomic E-state index is 12.7. The van der Waals surface area contributed by atoms with Gasteiger partial charge in [0.2, 0.25) is 0 Å². The number of likely N-dealkylation sites (tertiary alicyclic amines) is 1. The Labute approximate surface area is 186 Å². The largest absolute Gasteiger partial charge is 0.469 e. The first-order valence-electron chi connectivity index (χ1n) is 10.3. The van der Waals surface area contributed by atoms with Gasteiger partial charge >= 0.3 is 12.6 Å². The normalized spacial score (nSPS) is 22.5. The predicted octanol–water partition coefficient (Wildman–Crippen LogP) is 5.46. The van der Waals surface area contributed by atoms with Gasteiger partial charge in [0.25, 0.3) is 0 Å². The lowest BCUT2D eigenvalue weighted by Crippen LogP contribution is -2.52. The number of nitrogens with zero attached hydrogens (tertiary/aromatic N) is 2. The number of thiazole rings is 1. The predicted molar refractivity (Wildman–Crippen MR) is 117 cm³/mol. The molecule has 0 aliphatic carbocycles. The van der Waals surface area contributed by atoms with E-state index in [9.17, 15) is 13.6 Å². The van der Waals surface area contributed by atoms with Crippen LogP contribution in [-0.2, 0) is 16.1 Å². The maximum Gasteiger partial charge on any atom is 0.387 e. The van der Waals surface area contributed by atoms with Crippen LogP contribution in [0.25, 0.3) is 10.6 Å². The number of hydrogen-bond donors (Lipinski definition) is 0. The van der Waals surface area contributed by atoms with Gasteiger partial charge in [-0.1, -0.05) is 32.9 Å². The van der Waals surface area contributed by atoms with Crippen molar-refractivity contribution in [1.29, 1.82) is 0 Å². The van der Waals surface area contributed by atoms with E-state index in [0.717, 1.165) is 17.8 Å². The molecule has 0 amide bonds. The van der Waals surface area contributed by atoms with Crippen LogP contribution in [0.5, 0.6) is 5.75 Å². The zero-order valence-corrected chi connectivity index (χ0v) is 19.5. The molecule has 3 rings (SSSR count). The van der Waals surface area contributed by atoms with Crippen LogP contribution in [0, 0.1) is 16.7 Å². The Hall–Kier alpha value is -2.06. The van der Waals surface area contributed by atoms with Crippen molar-refractivity contribution in [2.45, 2.75) is 47.3 Å². The summed E-state index contributed by atoms with van der Waals surface area (Å²) >= 11 is 1.45. The second-order valence-electron chi connectivity index (χ2n) is 9.50. The zero-order valence-electron chi connectivity index (χ0n) is 18.7. The van der Waals surface area contributed by atoms with Crippen LogP contribution >= 0.6 is 11.3 Å². The summed E-state index contributed by atoms with van der Waals surface area (Å²) in [6, 6.07) is 6.67. The first-order chi connectivity index (χ1) is 14.5. The number of alkyl halides is 2. The molecule has 0 N–H and O–H groups in total. The van der Waals surface area contributed by atoms with Crippen molar-refractivity contribution >= 4 is 17.3 Å². The third kappa shape index (κ3) is 5.60. The monoisotopic (exact) mass is 452 g/mol. The van der Waals surface area contributed by atoms with E-state index >= 15 is 0 Å². The number of hydrogen-bond acceptors (Lipinski definition) is 6. The summed E-state index contributed by atoms with van der Waals surface area (Å²) < 4.78 is 35.3. The van der Waals surface area contributed by atoms with E-state index in [4.69, 9.17) is 4.74 Å². The molecule has 2 unspecified atom stereocenters. The van der Waals surface area contributed by atoms with Gasteiger partial charge in [-0.25, -0.2) is 4.98 Å². The van der Waals surface area contributed by atoms with Crippen LogP contribution in [0.2, 0.25) is 0 Å². The molecule has 5 nitrogen and oxygen atoms in total. The Bertz CT molecular complexity index is 912. The summed E-state index contributed by atoms with van der Waals surface area (Å²) in [6.45, 7) is 7.78. The maximum absolute atomic E-state index is 12.7. The molecule has 0 spiro atoms. The lowest BCUT2D eigenvalue weighted by molar-refractivity contribution is -0.158. The highest BCUT2D eigenvalue weighted by molar-refractivity contribution is 7.15. The molecule has 2 heterocycles. The molecule has 2 aromatic rings. The molecule has 0 radical (unpaired) electrons. The van der Waals surface area contributed by atoms with Gasteiger partial charge < -0.3 is 9.47 Å². The fraction of sp³-hybridized carbons (Fsp3) is 0.565. The highest BCUT2D eigenvalue weighted by atomic mass is 32.1. The molecule has 1 saturated heterocycles. The zero-order chi connectivity index (χ0) is 22.8. The minimum absolute atomic E-state index is 0.0539. The lowest BCUT2D eigenvalue weighted by atomic mass is 9.68. The van der Waals surface area contributed by atoms with Crippen molar-refractivity contribution in [1.82, 2.24) is 9.88 Å². The van der Waals surface area contributed by atoms with Crippen LogP contribution in [-0.4, -0.2) is 42.7 Å². The molecule has 0 saturated carbocycles. The van der Waals surface area contributed by atoms with Crippen molar-refractivity contribution in [2.24, 2.45) is 16.7 Å². The Balaban J connectivity index is 1.81. The minimum Gasteiger partial charge on any atom is -0.469 e. The van der Waals surface area contributed by atoms with Gasteiger partial charge in [0, 0.05) is 30.7 Å². The molecule has 8 heteroatoms. The Morgan fingerprint density at radius 3 is 2.71 bits per heavy atom. The number of piperidine rings is 1. The van der Waals surface area contributed by atoms with Crippen LogP contribution in [0.1, 0.15) is 39.0 Å². The number of ether oxygens (including phenoxy) is 2. The molecular weight excluding hydrogens is 422 g/mol. The van der Waals surface area contributed by atoms with Gasteiger partial charge in [0.1, 0.15) is 10.8 Å². The highest BCUT2D eigenvalue weighted by Crippen LogP contribution is 2.43. The Kier molecular flexibility index (Phi) is 7.01. The number of esters is 1. The molecule has 0 bridgehead atoms. The number of carbonyl (C=O) groups excluding carboxylic acids is 1. The molecule has 1 aliphatic rings. The SMILES string of the molecule is COC(=O)C1(C)CC(C(C)(C)C)CN(Cc2cnc(-c3ccccc3OC(F)F)s2)C1. The van der Waals surface area contributed by atoms with Crippen molar-refractivity contribution < 1.29 is 23.0 Å². The van der Waals surface area contributed by atoms with E-state index in [2.05, 4.69) is 35.4 Å². The first-order valence-corrected chi connectivity index (χ1v) is 11.1. The molecule has 31 heavy (non-hydrogen) atoms. The molecular formula is C23H30F2N2O3S. The van der Waals surface area contributed by atoms with Crippen molar-refractivity contribution in [3.8, 4) is 16.3 Å². The summed E-state index contributed by atoms with van der Waals surface area (Å²) in [6.07, 6.45) is 2.56. The van der Waals surface area contributed by atoms with E-state index in [0.29, 0.717) is 29.6 Å². The minimum atomic E-state index is -2.89. The van der Waals surface area contributed by atoms with Gasteiger partial charge in [-0.3, -0.25) is 9.69 Å². The highest BCUT2D eigenvalue weighted by Gasteiger charge is 2.45. The van der Waals surface area contributed by atoms with Crippen LogP contribution < -0.4 is 4.74 Å². The molecule has 170 valence electrons. The smallest absolute Gasteiger partial charge is 0.387 e. The lowest BCUT2D eigenvalue weighted by Gasteiger charge is -2.47. The van der Waals surface area contributed by atoms with Crippen molar-refractivity contribution in [2.75, 3.05) is 20.2 Å². The second kappa shape index (κ2) is 9.20. The number of aromatic nitrogens is 1. The summed E-state index contributed by atoms with van der Waals surface area (Å²) in [5, 5.41) is 0.631. The first kappa shape index (κ1) is 23.6. The topological polar surface area (TPSA) is 51.7 Å². The van der Waals surface area contributed by atoms with Crippen LogP contribution in [0.4, 0.5) is 8.78 Å². The van der Waals surface area contributed by atoms with Crippen molar-refractivity contribution in [3.05, 3.63) is 35.3 Å². The molecule has 1 fully saturated rings. The third-order valence-corrected chi connectivity index (χ3v) is 6.93. The number of methoxy groups -OCH3 is 1. The van der Waals surface area contributed by atoms with E-state index in [1.54, 1.807) is 24.4 Å². The van der Waals surface area contributed by atoms with Crippen LogP contribution in [0.3, 0.4) is 0 Å². The van der Waals surface area contributed by atoms with E-state index in [-0.39, 0.29) is 17.1 Å². The van der Waals surface area contributed by atoms with E-state index in [1.165, 1.54) is 24.5 Å². The van der Waals surface area contributed by atoms with Crippen molar-refractivity contribution in [3.63, 3.8) is 0 Å². The number of para-hydroxylation sites is 1. The summed E-state index contributed by atoms with van der Waals surface area (Å²) in [7, 11) is 1.44. The van der Waals surface area contributed by atoms with Gasteiger partial charge in [-0.05, 0) is 36.8 Å². The molecule has 1 aromatic heterocycles. The number of rotatable bonds is 6. The average Bonchev–Trinajstić information content (AvgIpc) is 3.14. The van der Waals surface area contributed by atoms with Crippen LogP contribution in [0.15, 0.2) is 30.5 Å². The van der Waals surface area contributed by atoms with Gasteiger partial charge in [0.15, 0.2) is 0 Å². The fourth-order valence-electron chi connectivity index (χ4n) is 4.21. The fourth-order valence-corrected chi connectivity index (χ4v) is 5.19. The van der Waals surface area contributed by atoms with E-state index in [1.807, 2.05) is 6.92 Å². The quantitative estimate of drug-likeness (QED) is 0.545. The summed E-state index contributed by atoms with van der Waals surface area (Å²) in [5.41, 5.74) is 0.0267. The second-order valence-corrected chi connectivity index (χ2v) is 10.6. The van der Waals surface area contributed by atoms with E-state index < -0.39 is 12.0 Å². The number of halogens is 2. The van der Waals surface area contributed by atoms with Gasteiger partial charge in [-0.2, -0.15) is 8.78 Å². The Morgan fingerprint density at radius 2 is 2.06 bits per heavy atom. The molecule has 2 atom stereocenters. The van der Waals surface area contributed by atoms with Gasteiger partial charge in [0.05, 0.1) is 18.1 Å². The molecule has 1 aliphatic heterocycles. The average molecular weight is 453 g/mol. The number of carbonyl (C=O) groups is 1. The Morgan fingerprint density at radius 1 is 1.35 bits per heavy atom. The summed E-state index contributed by atoms with van der Waals surface area (Å²) in [5.74, 6) is 0.259. The van der Waals surface area contributed by atoms with Gasteiger partial charge in [-0.15, -0.1) is 11.3 Å². The summed E-state index contributed by atoms with van der Waals surface area (Å²) in [4.78, 5) is 20.3. The standard InChI is InChI=1S/C23H30F2N2O3S/c1-22(2,3)15-10-23(4,20(28)29-5)14-27(12-15)13-16-11-26-19(31-16)17-8-6-7-9-18(17)30-21(24)25/h6-9,11,15,21H,10,12-14H2,1-5H3. The number of benzene rings is 1. The third-order valence-electron chi connectivity index (χ3n) is 5.92.